The van der Waals surface area contributed by atoms with Crippen LogP contribution in [0.1, 0.15) is 46.0 Å². The molecule has 4 nitrogen and oxygen atoms in total. The largest absolute Gasteiger partial charge is 0.388 e. The van der Waals surface area contributed by atoms with Crippen molar-refractivity contribution in [2.24, 2.45) is 0 Å². The lowest BCUT2D eigenvalue weighted by molar-refractivity contribution is 0.0982. The Balaban J connectivity index is 0.000000483. The predicted molar refractivity (Wildman–Crippen MR) is 116 cm³/mol. The number of aryl methyl sites for hydroxylation is 2. The molecule has 0 saturated carbocycles. The molecule has 1 atom stereocenters. The molecule has 0 unspecified atom stereocenters. The topological polar surface area (TPSA) is 61.4 Å². The van der Waals surface area contributed by atoms with E-state index in [1.165, 1.54) is 0 Å². The summed E-state index contributed by atoms with van der Waals surface area (Å²) in [5.41, 5.74) is 4.10. The normalized spacial score (nSPS) is 11.0. The smallest absolute Gasteiger partial charge is 0.164 e. The van der Waals surface area contributed by atoms with Gasteiger partial charge in [-0.1, -0.05) is 48.5 Å². The van der Waals surface area contributed by atoms with E-state index in [-0.39, 0.29) is 24.3 Å². The molecule has 27 heavy (non-hydrogen) atoms. The van der Waals surface area contributed by atoms with E-state index >= 15 is 0 Å². The maximum absolute atomic E-state index is 11.6. The van der Waals surface area contributed by atoms with Crippen molar-refractivity contribution in [2.75, 3.05) is 27.2 Å². The number of aliphatic hydroxyl groups is 1. The fraction of sp³-hybridized carbons (Fsp3) is 0.409. The van der Waals surface area contributed by atoms with Gasteiger partial charge < -0.3 is 15.7 Å². The van der Waals surface area contributed by atoms with Gasteiger partial charge in [-0.15, -0.1) is 12.4 Å². The van der Waals surface area contributed by atoms with Crippen molar-refractivity contribution in [3.63, 3.8) is 0 Å². The minimum Gasteiger partial charge on any atom is -0.388 e. The second-order valence-corrected chi connectivity index (χ2v) is 6.36. The third-order valence-electron chi connectivity index (χ3n) is 4.26. The molecule has 2 aromatic carbocycles. The summed E-state index contributed by atoms with van der Waals surface area (Å²) in [4.78, 5) is 11.6. The summed E-state index contributed by atoms with van der Waals surface area (Å²) in [6.07, 6.45) is 0.997. The number of nitrogens with one attached hydrogen (secondary N) is 2. The molecule has 0 bridgehead atoms. The first-order chi connectivity index (χ1) is 12.5. The van der Waals surface area contributed by atoms with Crippen LogP contribution in [0, 0.1) is 13.8 Å². The van der Waals surface area contributed by atoms with Crippen LogP contribution in [0.3, 0.4) is 0 Å². The molecule has 0 heterocycles. The molecule has 0 radical (unpaired) electrons. The molecule has 0 aromatic heterocycles. The van der Waals surface area contributed by atoms with Crippen molar-refractivity contribution in [3.05, 3.63) is 70.8 Å². The maximum Gasteiger partial charge on any atom is 0.164 e. The molecule has 0 spiro atoms. The molecule has 0 saturated heterocycles. The highest BCUT2D eigenvalue weighted by Crippen LogP contribution is 2.19. The predicted octanol–water partition coefficient (Wildman–Crippen LogP) is 3.85. The Hall–Kier alpha value is -1.72. The van der Waals surface area contributed by atoms with Crippen LogP contribution in [0.2, 0.25) is 0 Å². The van der Waals surface area contributed by atoms with Crippen LogP contribution in [0.15, 0.2) is 48.5 Å². The highest BCUT2D eigenvalue weighted by molar-refractivity contribution is 5.97. The summed E-state index contributed by atoms with van der Waals surface area (Å²) in [7, 11) is 3.75. The van der Waals surface area contributed by atoms with Crippen LogP contribution in [0.25, 0.3) is 0 Å². The lowest BCUT2D eigenvalue weighted by Crippen LogP contribution is -2.13. The van der Waals surface area contributed by atoms with E-state index in [4.69, 9.17) is 0 Å². The van der Waals surface area contributed by atoms with Crippen molar-refractivity contribution in [3.8, 4) is 0 Å². The zero-order valence-electron chi connectivity index (χ0n) is 16.8. The molecule has 2 rings (SSSR count). The Morgan fingerprint density at radius 1 is 0.926 bits per heavy atom. The van der Waals surface area contributed by atoms with Gasteiger partial charge in [0.15, 0.2) is 5.78 Å². The number of ketones is 1. The van der Waals surface area contributed by atoms with Crippen molar-refractivity contribution in [1.82, 2.24) is 10.6 Å². The molecule has 2 aromatic rings. The second kappa shape index (κ2) is 14.4. The number of hydrogen-bond acceptors (Lipinski definition) is 4. The van der Waals surface area contributed by atoms with Gasteiger partial charge in [0.05, 0.1) is 6.10 Å². The first-order valence-electron chi connectivity index (χ1n) is 9.12. The van der Waals surface area contributed by atoms with E-state index in [9.17, 15) is 9.90 Å². The fourth-order valence-corrected chi connectivity index (χ4v) is 2.66. The highest BCUT2D eigenvalue weighted by Gasteiger charge is 2.08. The molecule has 0 fully saturated rings. The van der Waals surface area contributed by atoms with Gasteiger partial charge in [0.25, 0.3) is 0 Å². The van der Waals surface area contributed by atoms with Crippen LogP contribution in [0.5, 0.6) is 0 Å². The molecule has 3 N–H and O–H groups in total. The lowest BCUT2D eigenvalue weighted by Gasteiger charge is -2.12. The minimum absolute atomic E-state index is 0. The van der Waals surface area contributed by atoms with Crippen LogP contribution >= 0.6 is 12.4 Å². The number of hydrogen-bond donors (Lipinski definition) is 3. The van der Waals surface area contributed by atoms with Crippen LogP contribution in [0.4, 0.5) is 0 Å². The lowest BCUT2D eigenvalue weighted by atomic mass is 10.0. The Labute approximate surface area is 169 Å². The Kier molecular flexibility index (Phi) is 13.4. The fourth-order valence-electron chi connectivity index (χ4n) is 2.66. The number of carbonyl (C=O) groups excluding carboxylic acids is 1. The van der Waals surface area contributed by atoms with E-state index in [1.54, 1.807) is 0 Å². The molecule has 5 heteroatoms. The number of halogens is 1. The Morgan fingerprint density at radius 2 is 1.48 bits per heavy atom. The summed E-state index contributed by atoms with van der Waals surface area (Å²) in [5.74, 6) is 0.215. The van der Waals surface area contributed by atoms with Gasteiger partial charge in [0.1, 0.15) is 0 Å². The molecule has 150 valence electrons. The zero-order chi connectivity index (χ0) is 19.4. The van der Waals surface area contributed by atoms with E-state index in [0.29, 0.717) is 6.42 Å². The van der Waals surface area contributed by atoms with Gasteiger partial charge in [-0.25, -0.2) is 0 Å². The minimum atomic E-state index is -0.339. The van der Waals surface area contributed by atoms with E-state index in [2.05, 4.69) is 10.6 Å². The summed E-state index contributed by atoms with van der Waals surface area (Å²) < 4.78 is 0. The van der Waals surface area contributed by atoms with Crippen LogP contribution < -0.4 is 10.6 Å². The van der Waals surface area contributed by atoms with Crippen molar-refractivity contribution in [1.29, 1.82) is 0 Å². The van der Waals surface area contributed by atoms with Gasteiger partial charge >= 0.3 is 0 Å². The first kappa shape index (κ1) is 25.3. The van der Waals surface area contributed by atoms with Gasteiger partial charge in [-0.2, -0.15) is 0 Å². The average Bonchev–Trinajstić information content (AvgIpc) is 2.65. The number of rotatable bonds is 8. The summed E-state index contributed by atoms with van der Waals surface area (Å²) >= 11 is 0. The third kappa shape index (κ3) is 9.16. The number of aliphatic hydroxyl groups excluding tert-OH is 1. The highest BCUT2D eigenvalue weighted by atomic mass is 35.5. The maximum atomic E-state index is 11.6. The summed E-state index contributed by atoms with van der Waals surface area (Å²) in [6, 6.07) is 15.7. The van der Waals surface area contributed by atoms with Crippen molar-refractivity contribution in [2.45, 2.75) is 32.8 Å². The number of carbonyl (C=O) groups is 1. The van der Waals surface area contributed by atoms with Crippen molar-refractivity contribution < 1.29 is 9.90 Å². The number of benzene rings is 2. The SMILES string of the molecule is CNCCC(=O)c1ccccc1C.CNCC[C@H](O)c1ccccc1C.Cl. The molecule has 0 aliphatic rings. The molecular formula is C22H33ClN2O2. The summed E-state index contributed by atoms with van der Waals surface area (Å²) in [5, 5.41) is 15.8. The van der Waals surface area contributed by atoms with E-state index < -0.39 is 0 Å². The third-order valence-corrected chi connectivity index (χ3v) is 4.26. The van der Waals surface area contributed by atoms with Gasteiger partial charge in [-0.05, 0) is 57.6 Å². The van der Waals surface area contributed by atoms with Gasteiger partial charge in [-0.3, -0.25) is 4.79 Å². The molecule has 0 aliphatic heterocycles. The first-order valence-corrected chi connectivity index (χ1v) is 9.12. The molecule has 0 amide bonds. The molecule has 0 aliphatic carbocycles. The zero-order valence-corrected chi connectivity index (χ0v) is 17.6. The number of Topliss-reactive ketones (excluding diaryl/α,β-unsaturated/α-hetero) is 1. The average molecular weight is 393 g/mol. The molecular weight excluding hydrogens is 360 g/mol. The Morgan fingerprint density at radius 3 is 2.04 bits per heavy atom. The quantitative estimate of drug-likeness (QED) is 0.597. The van der Waals surface area contributed by atoms with E-state index in [0.717, 1.165) is 41.8 Å². The van der Waals surface area contributed by atoms with Gasteiger partial charge in [0, 0.05) is 18.5 Å². The van der Waals surface area contributed by atoms with Crippen molar-refractivity contribution >= 4 is 18.2 Å². The Bertz CT molecular complexity index is 677. The van der Waals surface area contributed by atoms with Gasteiger partial charge in [0.2, 0.25) is 0 Å². The van der Waals surface area contributed by atoms with E-state index in [1.807, 2.05) is 76.5 Å². The monoisotopic (exact) mass is 392 g/mol. The van der Waals surface area contributed by atoms with Crippen LogP contribution in [-0.4, -0.2) is 38.1 Å². The second-order valence-electron chi connectivity index (χ2n) is 6.36. The summed E-state index contributed by atoms with van der Waals surface area (Å²) in [6.45, 7) is 5.58. The van der Waals surface area contributed by atoms with Crippen LogP contribution in [-0.2, 0) is 0 Å². The standard InChI is InChI=1S/C11H17NO.C11H15NO.ClH/c2*1-9-5-3-4-6-10(9)11(13)7-8-12-2;/h3-6,11-13H,7-8H2,1-2H3;3-6,12H,7-8H2,1-2H3;1H/t11-;;/m0../s1.